The van der Waals surface area contributed by atoms with Crippen LogP contribution in [0.3, 0.4) is 0 Å². The Morgan fingerprint density at radius 2 is 1.77 bits per heavy atom. The molecule has 0 atom stereocenters. The Morgan fingerprint density at radius 3 is 2.54 bits per heavy atom. The summed E-state index contributed by atoms with van der Waals surface area (Å²) in [5.74, 6) is 0.931. The highest BCUT2D eigenvalue weighted by Crippen LogP contribution is 2.29. The van der Waals surface area contributed by atoms with Crippen molar-refractivity contribution in [3.05, 3.63) is 76.9 Å². The molecule has 1 amide bonds. The fourth-order valence-electron chi connectivity index (χ4n) is 2.37. The molecule has 26 heavy (non-hydrogen) atoms. The van der Waals surface area contributed by atoms with E-state index >= 15 is 0 Å². The average molecular weight is 382 g/mol. The van der Waals surface area contributed by atoms with Gasteiger partial charge >= 0.3 is 0 Å². The first-order valence-corrected chi connectivity index (χ1v) is 8.98. The van der Waals surface area contributed by atoms with Crippen LogP contribution in [0.15, 0.2) is 66.3 Å². The van der Waals surface area contributed by atoms with Crippen LogP contribution in [0.1, 0.15) is 10.4 Å². The minimum absolute atomic E-state index is 0.203. The van der Waals surface area contributed by atoms with Crippen LogP contribution in [0, 0.1) is 0 Å². The van der Waals surface area contributed by atoms with Crippen molar-refractivity contribution >= 4 is 44.7 Å². The maximum atomic E-state index is 12.2. The minimum Gasteiger partial charge on any atom is -0.438 e. The zero-order chi connectivity index (χ0) is 17.9. The van der Waals surface area contributed by atoms with Crippen molar-refractivity contribution in [3.63, 3.8) is 0 Å². The van der Waals surface area contributed by atoms with Crippen LogP contribution < -0.4 is 10.1 Å². The van der Waals surface area contributed by atoms with Gasteiger partial charge in [0.05, 0.1) is 5.39 Å². The van der Waals surface area contributed by atoms with Crippen molar-refractivity contribution in [3.8, 4) is 11.6 Å². The number of benzene rings is 2. The molecule has 0 bridgehead atoms. The van der Waals surface area contributed by atoms with Crippen LogP contribution >= 0.6 is 22.9 Å². The van der Waals surface area contributed by atoms with Gasteiger partial charge in [0.2, 0.25) is 5.88 Å². The van der Waals surface area contributed by atoms with Gasteiger partial charge in [0, 0.05) is 16.3 Å². The number of ether oxygens (including phenoxy) is 1. The second-order valence-corrected chi connectivity index (χ2v) is 6.74. The lowest BCUT2D eigenvalue weighted by molar-refractivity contribution is 0.102. The molecule has 0 spiro atoms. The molecule has 2 aromatic carbocycles. The van der Waals surface area contributed by atoms with Crippen LogP contribution in [-0.2, 0) is 0 Å². The lowest BCUT2D eigenvalue weighted by Crippen LogP contribution is -2.11. The zero-order valence-electron chi connectivity index (χ0n) is 13.3. The van der Waals surface area contributed by atoms with Crippen molar-refractivity contribution in [2.24, 2.45) is 0 Å². The largest absolute Gasteiger partial charge is 0.438 e. The summed E-state index contributed by atoms with van der Waals surface area (Å²) >= 11 is 7.37. The number of amides is 1. The number of aromatic nitrogens is 2. The number of carbonyl (C=O) groups is 1. The Hall–Kier alpha value is -2.96. The van der Waals surface area contributed by atoms with Crippen LogP contribution in [0.5, 0.6) is 11.6 Å². The molecule has 0 unspecified atom stereocenters. The molecule has 4 aromatic rings. The molecule has 5 nitrogen and oxygen atoms in total. The third kappa shape index (κ3) is 3.51. The van der Waals surface area contributed by atoms with Crippen molar-refractivity contribution in [1.29, 1.82) is 0 Å². The molecule has 128 valence electrons. The van der Waals surface area contributed by atoms with E-state index in [0.29, 0.717) is 27.9 Å². The SMILES string of the molecule is O=C(Nc1ccc(Oc2ncnc3sccc23)cc1)c1ccc(Cl)cc1. The number of hydrogen-bond donors (Lipinski definition) is 1. The molecule has 0 aliphatic carbocycles. The number of halogens is 1. The van der Waals surface area contributed by atoms with Gasteiger partial charge in [-0.15, -0.1) is 11.3 Å². The second kappa shape index (κ2) is 7.11. The number of anilines is 1. The van der Waals surface area contributed by atoms with Gasteiger partial charge in [-0.05, 0) is 60.0 Å². The molecule has 2 heterocycles. The Labute approximate surface area is 158 Å². The highest BCUT2D eigenvalue weighted by molar-refractivity contribution is 7.16. The summed E-state index contributed by atoms with van der Waals surface area (Å²) in [5, 5.41) is 6.24. The molecule has 0 saturated carbocycles. The standard InChI is InChI=1S/C19H12ClN3O2S/c20-13-3-1-12(2-4-13)17(24)23-14-5-7-15(8-6-14)25-18-16-9-10-26-19(16)22-11-21-18/h1-11H,(H,23,24). The first-order valence-electron chi connectivity index (χ1n) is 7.72. The fraction of sp³-hybridized carbons (Fsp3) is 0. The summed E-state index contributed by atoms with van der Waals surface area (Å²) in [4.78, 5) is 21.5. The molecular weight excluding hydrogens is 370 g/mol. The van der Waals surface area contributed by atoms with Gasteiger partial charge in [-0.25, -0.2) is 9.97 Å². The maximum absolute atomic E-state index is 12.2. The van der Waals surface area contributed by atoms with E-state index in [-0.39, 0.29) is 5.91 Å². The highest BCUT2D eigenvalue weighted by Gasteiger charge is 2.08. The summed E-state index contributed by atoms with van der Waals surface area (Å²) in [6.45, 7) is 0. The third-order valence-electron chi connectivity index (χ3n) is 3.66. The van der Waals surface area contributed by atoms with E-state index in [9.17, 15) is 4.79 Å². The fourth-order valence-corrected chi connectivity index (χ4v) is 3.22. The van der Waals surface area contributed by atoms with E-state index in [1.807, 2.05) is 11.4 Å². The van der Waals surface area contributed by atoms with Gasteiger partial charge in [0.15, 0.2) is 0 Å². The highest BCUT2D eigenvalue weighted by atomic mass is 35.5. The number of carbonyl (C=O) groups excluding carboxylic acids is 1. The summed E-state index contributed by atoms with van der Waals surface area (Å²) in [7, 11) is 0. The average Bonchev–Trinajstić information content (AvgIpc) is 3.14. The molecule has 0 aliphatic heterocycles. The van der Waals surface area contributed by atoms with Crippen molar-refractivity contribution in [2.75, 3.05) is 5.32 Å². The first-order chi connectivity index (χ1) is 12.7. The van der Waals surface area contributed by atoms with E-state index < -0.39 is 0 Å². The smallest absolute Gasteiger partial charge is 0.255 e. The molecule has 0 radical (unpaired) electrons. The summed E-state index contributed by atoms with van der Waals surface area (Å²) in [5.41, 5.74) is 1.20. The van der Waals surface area contributed by atoms with Crippen LogP contribution in [0.2, 0.25) is 5.02 Å². The number of hydrogen-bond acceptors (Lipinski definition) is 5. The van der Waals surface area contributed by atoms with Gasteiger partial charge in [-0.2, -0.15) is 0 Å². The quantitative estimate of drug-likeness (QED) is 0.514. The van der Waals surface area contributed by atoms with Gasteiger partial charge in [0.1, 0.15) is 16.9 Å². The lowest BCUT2D eigenvalue weighted by atomic mass is 10.2. The Morgan fingerprint density at radius 1 is 1.00 bits per heavy atom. The van der Waals surface area contributed by atoms with Crippen molar-refractivity contribution in [2.45, 2.75) is 0 Å². The van der Waals surface area contributed by atoms with E-state index in [1.54, 1.807) is 48.5 Å². The van der Waals surface area contributed by atoms with Gasteiger partial charge in [-0.1, -0.05) is 11.6 Å². The summed E-state index contributed by atoms with van der Waals surface area (Å²) in [6.07, 6.45) is 1.48. The molecule has 0 saturated heterocycles. The Bertz CT molecular complexity index is 1060. The summed E-state index contributed by atoms with van der Waals surface area (Å²) < 4.78 is 5.84. The number of nitrogens with zero attached hydrogens (tertiary/aromatic N) is 2. The molecule has 2 aromatic heterocycles. The van der Waals surface area contributed by atoms with E-state index in [2.05, 4.69) is 15.3 Å². The second-order valence-electron chi connectivity index (χ2n) is 5.41. The van der Waals surface area contributed by atoms with Crippen LogP contribution in [0.4, 0.5) is 5.69 Å². The van der Waals surface area contributed by atoms with Crippen molar-refractivity contribution < 1.29 is 9.53 Å². The Balaban J connectivity index is 1.47. The number of thiophene rings is 1. The molecule has 4 rings (SSSR count). The third-order valence-corrected chi connectivity index (χ3v) is 4.73. The van der Waals surface area contributed by atoms with Gasteiger partial charge in [-0.3, -0.25) is 4.79 Å². The number of rotatable bonds is 4. The minimum atomic E-state index is -0.203. The monoisotopic (exact) mass is 381 g/mol. The zero-order valence-corrected chi connectivity index (χ0v) is 14.9. The van der Waals surface area contributed by atoms with Gasteiger partial charge in [0.25, 0.3) is 5.91 Å². The first kappa shape index (κ1) is 16.5. The van der Waals surface area contributed by atoms with Crippen LogP contribution in [0.25, 0.3) is 10.2 Å². The predicted octanol–water partition coefficient (Wildman–Crippen LogP) is 5.39. The van der Waals surface area contributed by atoms with E-state index in [0.717, 1.165) is 10.2 Å². The molecular formula is C19H12ClN3O2S. The normalized spacial score (nSPS) is 10.7. The number of fused-ring (bicyclic) bond motifs is 1. The van der Waals surface area contributed by atoms with E-state index in [1.165, 1.54) is 17.7 Å². The Kier molecular flexibility index (Phi) is 4.51. The number of nitrogens with one attached hydrogen (secondary N) is 1. The van der Waals surface area contributed by atoms with Gasteiger partial charge < -0.3 is 10.1 Å². The maximum Gasteiger partial charge on any atom is 0.255 e. The molecule has 0 fully saturated rings. The summed E-state index contributed by atoms with van der Waals surface area (Å²) in [6, 6.07) is 15.7. The molecule has 1 N–H and O–H groups in total. The van der Waals surface area contributed by atoms with E-state index in [4.69, 9.17) is 16.3 Å². The molecule has 7 heteroatoms. The van der Waals surface area contributed by atoms with Crippen molar-refractivity contribution in [1.82, 2.24) is 9.97 Å². The molecule has 0 aliphatic rings. The predicted molar refractivity (Wildman–Crippen MR) is 103 cm³/mol. The topological polar surface area (TPSA) is 64.1 Å². The van der Waals surface area contributed by atoms with Crippen LogP contribution in [-0.4, -0.2) is 15.9 Å². The lowest BCUT2D eigenvalue weighted by Gasteiger charge is -2.08.